The second kappa shape index (κ2) is 4.78. The van der Waals surface area contributed by atoms with E-state index in [0.717, 1.165) is 33.2 Å². The van der Waals surface area contributed by atoms with Crippen molar-refractivity contribution in [2.24, 2.45) is 5.41 Å². The van der Waals surface area contributed by atoms with Crippen LogP contribution in [0.2, 0.25) is 0 Å². The van der Waals surface area contributed by atoms with Crippen molar-refractivity contribution in [1.29, 1.82) is 0 Å². The van der Waals surface area contributed by atoms with Crippen molar-refractivity contribution in [2.75, 3.05) is 4.90 Å². The van der Waals surface area contributed by atoms with Gasteiger partial charge in [-0.05, 0) is 51.1 Å². The summed E-state index contributed by atoms with van der Waals surface area (Å²) in [5.41, 5.74) is 2.72. The lowest BCUT2D eigenvalue weighted by Gasteiger charge is -2.38. The largest absolute Gasteiger partial charge is 0.454 e. The van der Waals surface area contributed by atoms with Crippen LogP contribution < -0.4 is 4.90 Å². The molecule has 24 heavy (non-hydrogen) atoms. The van der Waals surface area contributed by atoms with Crippen molar-refractivity contribution in [2.45, 2.75) is 59.5 Å². The van der Waals surface area contributed by atoms with Gasteiger partial charge in [-0.25, -0.2) is 0 Å². The zero-order chi connectivity index (χ0) is 19.1. The summed E-state index contributed by atoms with van der Waals surface area (Å²) < 4.78 is 24.1. The molecular weight excluding hydrogens is 294 g/mol. The maximum absolute atomic E-state index is 8.88. The van der Waals surface area contributed by atoms with Gasteiger partial charge < -0.3 is 9.32 Å². The average molecular weight is 323 g/mol. The van der Waals surface area contributed by atoms with Crippen molar-refractivity contribution in [3.8, 4) is 0 Å². The molecule has 0 aliphatic carbocycles. The molecule has 0 saturated carbocycles. The number of para-hydroxylation sites is 1. The normalized spacial score (nSPS) is 25.9. The minimum Gasteiger partial charge on any atom is -0.454 e. The molecule has 1 unspecified atom stereocenters. The summed E-state index contributed by atoms with van der Waals surface area (Å²) in [6.45, 7) is 12.3. The number of hydrogen-bond acceptors (Lipinski definition) is 2. The van der Waals surface area contributed by atoms with Crippen LogP contribution in [0.5, 0.6) is 0 Å². The summed E-state index contributed by atoms with van der Waals surface area (Å²) in [5, 5.41) is 2.20. The fraction of sp³-hybridized carbons (Fsp3) is 0.455. The van der Waals surface area contributed by atoms with Crippen molar-refractivity contribution in [1.82, 2.24) is 0 Å². The first kappa shape index (κ1) is 13.3. The third-order valence-corrected chi connectivity index (χ3v) is 5.63. The van der Waals surface area contributed by atoms with Crippen LogP contribution >= 0.6 is 0 Å². The SMILES string of the molecule is [2H]C1([2H])C(C)(C)C(C)N(c2c(C)ccc3c2oc2ccccc23)C1(C)C. The van der Waals surface area contributed by atoms with Gasteiger partial charge in [-0.2, -0.15) is 0 Å². The zero-order valence-electron chi connectivity index (χ0n) is 17.4. The Hall–Kier alpha value is -1.96. The van der Waals surface area contributed by atoms with Crippen molar-refractivity contribution in [3.05, 3.63) is 42.0 Å². The van der Waals surface area contributed by atoms with E-state index in [1.54, 1.807) is 0 Å². The van der Waals surface area contributed by atoms with E-state index in [1.807, 2.05) is 45.9 Å². The minimum atomic E-state index is -1.35. The fourth-order valence-corrected chi connectivity index (χ4v) is 4.41. The second-order valence-electron chi connectivity index (χ2n) is 8.16. The Balaban J connectivity index is 2.07. The van der Waals surface area contributed by atoms with E-state index in [-0.39, 0.29) is 6.04 Å². The highest BCUT2D eigenvalue weighted by molar-refractivity contribution is 6.09. The second-order valence-corrected chi connectivity index (χ2v) is 8.16. The summed E-state index contributed by atoms with van der Waals surface area (Å²) in [6, 6.07) is 12.4. The molecule has 0 bridgehead atoms. The van der Waals surface area contributed by atoms with Gasteiger partial charge in [0.1, 0.15) is 5.58 Å². The van der Waals surface area contributed by atoms with Crippen LogP contribution in [0.1, 0.15) is 49.3 Å². The molecule has 0 N–H and O–H groups in total. The molecule has 0 amide bonds. The average Bonchev–Trinajstić information content (AvgIpc) is 2.98. The molecule has 1 aliphatic rings. The predicted octanol–water partition coefficient (Wildman–Crippen LogP) is 6.30. The van der Waals surface area contributed by atoms with Crippen LogP contribution in [0.15, 0.2) is 40.8 Å². The molecule has 1 saturated heterocycles. The molecule has 2 heteroatoms. The number of benzene rings is 2. The first-order valence-electron chi connectivity index (χ1n) is 9.72. The number of rotatable bonds is 1. The van der Waals surface area contributed by atoms with Crippen LogP contribution in [0.25, 0.3) is 21.9 Å². The Labute approximate surface area is 147 Å². The highest BCUT2D eigenvalue weighted by atomic mass is 16.3. The summed E-state index contributed by atoms with van der Waals surface area (Å²) >= 11 is 0. The Bertz CT molecular complexity index is 1020. The maximum atomic E-state index is 8.88. The van der Waals surface area contributed by atoms with Crippen molar-refractivity contribution in [3.63, 3.8) is 0 Å². The van der Waals surface area contributed by atoms with E-state index in [2.05, 4.69) is 36.9 Å². The van der Waals surface area contributed by atoms with Gasteiger partial charge in [0.05, 0.1) is 5.69 Å². The summed E-state index contributed by atoms with van der Waals surface area (Å²) in [6.07, 6.45) is -1.35. The summed E-state index contributed by atoms with van der Waals surface area (Å²) in [4.78, 5) is 2.26. The van der Waals surface area contributed by atoms with E-state index >= 15 is 0 Å². The van der Waals surface area contributed by atoms with E-state index in [4.69, 9.17) is 7.16 Å². The highest BCUT2D eigenvalue weighted by Crippen LogP contribution is 2.51. The van der Waals surface area contributed by atoms with E-state index < -0.39 is 17.3 Å². The van der Waals surface area contributed by atoms with Gasteiger partial charge in [0, 0.05) is 25.1 Å². The van der Waals surface area contributed by atoms with Gasteiger partial charge in [-0.1, -0.05) is 44.2 Å². The van der Waals surface area contributed by atoms with Gasteiger partial charge in [0.15, 0.2) is 5.58 Å². The molecule has 1 aliphatic heterocycles. The Morgan fingerprint density at radius 2 is 1.79 bits per heavy atom. The number of aryl methyl sites for hydroxylation is 1. The summed E-state index contributed by atoms with van der Waals surface area (Å²) in [5.74, 6) is 0. The molecule has 4 rings (SSSR count). The van der Waals surface area contributed by atoms with Crippen LogP contribution in [-0.2, 0) is 0 Å². The molecule has 0 radical (unpaired) electrons. The predicted molar refractivity (Wildman–Crippen MR) is 103 cm³/mol. The first-order valence-corrected chi connectivity index (χ1v) is 8.72. The lowest BCUT2D eigenvalue weighted by Crippen LogP contribution is -2.43. The molecule has 1 aromatic heterocycles. The highest BCUT2D eigenvalue weighted by Gasteiger charge is 2.49. The first-order chi connectivity index (χ1) is 12.0. The number of furan rings is 1. The van der Waals surface area contributed by atoms with Crippen molar-refractivity contribution >= 4 is 27.6 Å². The van der Waals surface area contributed by atoms with Gasteiger partial charge in [-0.3, -0.25) is 0 Å². The standard InChI is InChI=1S/C22H27NO/c1-14-11-12-17-16-9-7-8-10-18(16)24-20(17)19(14)23-15(2)21(3,4)13-22(23,5)6/h7-12,15H,13H2,1-6H3/i13D2. The van der Waals surface area contributed by atoms with Crippen LogP contribution in [0.4, 0.5) is 5.69 Å². The number of fused-ring (bicyclic) bond motifs is 3. The van der Waals surface area contributed by atoms with Gasteiger partial charge in [-0.15, -0.1) is 0 Å². The molecule has 1 atom stereocenters. The summed E-state index contributed by atoms with van der Waals surface area (Å²) in [7, 11) is 0. The van der Waals surface area contributed by atoms with E-state index in [1.165, 1.54) is 0 Å². The van der Waals surface area contributed by atoms with Crippen LogP contribution in [-0.4, -0.2) is 11.6 Å². The van der Waals surface area contributed by atoms with Crippen LogP contribution in [0.3, 0.4) is 0 Å². The number of anilines is 1. The molecule has 0 spiro atoms. The maximum Gasteiger partial charge on any atom is 0.158 e. The fourth-order valence-electron chi connectivity index (χ4n) is 4.41. The quantitative estimate of drug-likeness (QED) is 0.522. The Morgan fingerprint density at radius 3 is 2.46 bits per heavy atom. The molecule has 2 aromatic carbocycles. The molecule has 2 heterocycles. The monoisotopic (exact) mass is 323 g/mol. The molecule has 2 nitrogen and oxygen atoms in total. The topological polar surface area (TPSA) is 16.4 Å². The third-order valence-electron chi connectivity index (χ3n) is 5.63. The Kier molecular flexibility index (Phi) is 2.66. The number of nitrogens with zero attached hydrogens (tertiary/aromatic N) is 1. The van der Waals surface area contributed by atoms with Gasteiger partial charge >= 0.3 is 0 Å². The molecular formula is C22H27NO. The smallest absolute Gasteiger partial charge is 0.158 e. The molecule has 1 fully saturated rings. The van der Waals surface area contributed by atoms with Crippen molar-refractivity contribution < 1.29 is 7.16 Å². The van der Waals surface area contributed by atoms with Crippen LogP contribution in [0, 0.1) is 12.3 Å². The molecule has 3 aromatic rings. The number of hydrogen-bond donors (Lipinski definition) is 0. The van der Waals surface area contributed by atoms with Gasteiger partial charge in [0.2, 0.25) is 0 Å². The lowest BCUT2D eigenvalue weighted by atomic mass is 9.82. The Morgan fingerprint density at radius 1 is 1.08 bits per heavy atom. The van der Waals surface area contributed by atoms with E-state index in [9.17, 15) is 0 Å². The molecule has 126 valence electrons. The van der Waals surface area contributed by atoms with E-state index in [0.29, 0.717) is 0 Å². The minimum absolute atomic E-state index is 0.0324. The lowest BCUT2D eigenvalue weighted by molar-refractivity contribution is 0.329. The van der Waals surface area contributed by atoms with Gasteiger partial charge in [0.25, 0.3) is 0 Å². The zero-order valence-corrected chi connectivity index (χ0v) is 15.4. The third kappa shape index (κ3) is 2.02.